The first-order valence-electron chi connectivity index (χ1n) is 17.3. The standard InChI is InChI=1S/C47H35NS/c1-47(2)40-18-8-7-17-38(40)46-41(47)19-10-20-42(46)48(35-15-9-14-33(28-35)34-22-21-30-11-3-4-13-32(30)27-34)36-24-26-43-39(29-36)45-37-16-6-5-12-31(37)23-25-44(45)49-43/h3-28,36H,29H2,1-2H3. The zero-order valence-corrected chi connectivity index (χ0v) is 28.5. The molecule has 0 N–H and O–H groups in total. The average molecular weight is 646 g/mol. The first kappa shape index (κ1) is 28.6. The van der Waals surface area contributed by atoms with Gasteiger partial charge in [-0.15, -0.1) is 11.3 Å². The molecule has 0 fully saturated rings. The molecule has 0 radical (unpaired) electrons. The molecule has 1 heterocycles. The smallest absolute Gasteiger partial charge is 0.0567 e. The Labute approximate surface area is 291 Å². The summed E-state index contributed by atoms with van der Waals surface area (Å²) in [5.41, 5.74) is 11.9. The number of rotatable bonds is 4. The molecule has 1 aromatic heterocycles. The van der Waals surface area contributed by atoms with Gasteiger partial charge in [0.15, 0.2) is 0 Å². The Morgan fingerprint density at radius 1 is 0.633 bits per heavy atom. The van der Waals surface area contributed by atoms with Crippen molar-refractivity contribution in [3.8, 4) is 22.3 Å². The maximum Gasteiger partial charge on any atom is 0.0567 e. The number of benzene rings is 7. The summed E-state index contributed by atoms with van der Waals surface area (Å²) in [4.78, 5) is 4.02. The molecule has 0 saturated heterocycles. The van der Waals surface area contributed by atoms with Crippen molar-refractivity contribution in [3.05, 3.63) is 173 Å². The van der Waals surface area contributed by atoms with Gasteiger partial charge >= 0.3 is 0 Å². The van der Waals surface area contributed by atoms with E-state index in [4.69, 9.17) is 0 Å². The zero-order valence-electron chi connectivity index (χ0n) is 27.7. The van der Waals surface area contributed by atoms with E-state index in [0.29, 0.717) is 0 Å². The number of nitrogens with zero attached hydrogens (tertiary/aromatic N) is 1. The summed E-state index contributed by atoms with van der Waals surface area (Å²) in [6.07, 6.45) is 5.78. The summed E-state index contributed by atoms with van der Waals surface area (Å²) in [5.74, 6) is 0. The van der Waals surface area contributed by atoms with Gasteiger partial charge in [-0.1, -0.05) is 135 Å². The average Bonchev–Trinajstić information content (AvgIpc) is 3.64. The summed E-state index contributed by atoms with van der Waals surface area (Å²) in [6.45, 7) is 4.75. The molecular formula is C47H35NS. The Bertz CT molecular complexity index is 2640. The maximum atomic E-state index is 2.63. The van der Waals surface area contributed by atoms with Crippen LogP contribution in [-0.2, 0) is 11.8 Å². The molecule has 0 saturated carbocycles. The molecule has 49 heavy (non-hydrogen) atoms. The topological polar surface area (TPSA) is 3.24 Å². The highest BCUT2D eigenvalue weighted by molar-refractivity contribution is 7.20. The second-order valence-electron chi connectivity index (χ2n) is 14.1. The van der Waals surface area contributed by atoms with Crippen LogP contribution in [-0.4, -0.2) is 6.04 Å². The number of thiophene rings is 1. The predicted molar refractivity (Wildman–Crippen MR) is 211 cm³/mol. The summed E-state index contributed by atoms with van der Waals surface area (Å²) >= 11 is 1.93. The third-order valence-electron chi connectivity index (χ3n) is 11.0. The van der Waals surface area contributed by atoms with E-state index in [0.717, 1.165) is 6.42 Å². The van der Waals surface area contributed by atoms with Crippen LogP contribution in [0.5, 0.6) is 0 Å². The van der Waals surface area contributed by atoms with E-state index in [9.17, 15) is 0 Å². The van der Waals surface area contributed by atoms with Crippen molar-refractivity contribution in [1.82, 2.24) is 0 Å². The summed E-state index contributed by atoms with van der Waals surface area (Å²) in [7, 11) is 0. The van der Waals surface area contributed by atoms with Crippen molar-refractivity contribution in [2.45, 2.75) is 31.7 Å². The molecule has 0 aliphatic heterocycles. The van der Waals surface area contributed by atoms with E-state index in [2.05, 4.69) is 176 Å². The van der Waals surface area contributed by atoms with E-state index in [1.54, 1.807) is 0 Å². The first-order valence-corrected chi connectivity index (χ1v) is 18.1. The number of hydrogen-bond acceptors (Lipinski definition) is 2. The van der Waals surface area contributed by atoms with E-state index < -0.39 is 0 Å². The number of anilines is 2. The van der Waals surface area contributed by atoms with Crippen LogP contribution < -0.4 is 4.90 Å². The van der Waals surface area contributed by atoms with Gasteiger partial charge in [-0.25, -0.2) is 0 Å². The molecule has 1 unspecified atom stereocenters. The maximum absolute atomic E-state index is 2.63. The zero-order chi connectivity index (χ0) is 32.7. The van der Waals surface area contributed by atoms with Crippen molar-refractivity contribution in [1.29, 1.82) is 0 Å². The normalized spacial score (nSPS) is 15.8. The fraction of sp³-hybridized carbons (Fsp3) is 0.106. The third-order valence-corrected chi connectivity index (χ3v) is 12.1. The highest BCUT2D eigenvalue weighted by atomic mass is 32.1. The molecule has 1 atom stereocenters. The first-order chi connectivity index (χ1) is 24.0. The molecule has 0 spiro atoms. The van der Waals surface area contributed by atoms with Crippen LogP contribution in [0.25, 0.3) is 60.0 Å². The lowest BCUT2D eigenvalue weighted by molar-refractivity contribution is 0.660. The molecular weight excluding hydrogens is 611 g/mol. The minimum Gasteiger partial charge on any atom is -0.334 e. The van der Waals surface area contributed by atoms with Crippen LogP contribution in [0.15, 0.2) is 152 Å². The quantitative estimate of drug-likeness (QED) is 0.184. The second-order valence-corrected chi connectivity index (χ2v) is 15.2. The van der Waals surface area contributed by atoms with Gasteiger partial charge in [0.25, 0.3) is 0 Å². The Balaban J connectivity index is 1.18. The SMILES string of the molecule is CC1(C)c2ccccc2-c2c(N(c3cccc(-c4ccc5ccccc5c4)c3)C3C=Cc4sc5ccc6ccccc6c5c4C3)cccc21. The van der Waals surface area contributed by atoms with Gasteiger partial charge in [0.2, 0.25) is 0 Å². The molecule has 1 nitrogen and oxygen atoms in total. The van der Waals surface area contributed by atoms with Crippen LogP contribution in [0, 0.1) is 0 Å². The monoisotopic (exact) mass is 645 g/mol. The Morgan fingerprint density at radius 3 is 2.29 bits per heavy atom. The highest BCUT2D eigenvalue weighted by Gasteiger charge is 2.38. The van der Waals surface area contributed by atoms with E-state index in [-0.39, 0.29) is 11.5 Å². The minimum absolute atomic E-state index is 0.0708. The fourth-order valence-corrected chi connectivity index (χ4v) is 9.75. The molecule has 0 amide bonds. The van der Waals surface area contributed by atoms with E-state index in [1.807, 2.05) is 11.3 Å². The Morgan fingerprint density at radius 2 is 1.37 bits per heavy atom. The summed E-state index contributed by atoms with van der Waals surface area (Å²) in [5, 5.41) is 6.61. The van der Waals surface area contributed by atoms with Gasteiger partial charge < -0.3 is 4.90 Å². The largest absolute Gasteiger partial charge is 0.334 e. The molecule has 0 bridgehead atoms. The van der Waals surface area contributed by atoms with Crippen molar-refractivity contribution in [2.75, 3.05) is 4.90 Å². The molecule has 2 heteroatoms. The van der Waals surface area contributed by atoms with Crippen LogP contribution in [0.3, 0.4) is 0 Å². The molecule has 10 rings (SSSR count). The van der Waals surface area contributed by atoms with Gasteiger partial charge in [0, 0.05) is 37.3 Å². The minimum atomic E-state index is -0.0708. The fourth-order valence-electron chi connectivity index (χ4n) is 8.59. The van der Waals surface area contributed by atoms with Gasteiger partial charge in [-0.05, 0) is 97.8 Å². The van der Waals surface area contributed by atoms with Gasteiger partial charge in [0.1, 0.15) is 0 Å². The van der Waals surface area contributed by atoms with E-state index in [1.165, 1.54) is 86.8 Å². The third kappa shape index (κ3) is 4.37. The number of fused-ring (bicyclic) bond motifs is 9. The molecule has 234 valence electrons. The molecule has 7 aromatic carbocycles. The molecule has 2 aliphatic rings. The van der Waals surface area contributed by atoms with Crippen molar-refractivity contribution >= 4 is 60.4 Å². The van der Waals surface area contributed by atoms with Crippen LogP contribution in [0.4, 0.5) is 11.4 Å². The summed E-state index contributed by atoms with van der Waals surface area (Å²) in [6, 6.07) is 54.3. The van der Waals surface area contributed by atoms with Gasteiger partial charge in [-0.3, -0.25) is 0 Å². The summed E-state index contributed by atoms with van der Waals surface area (Å²) < 4.78 is 1.37. The lowest BCUT2D eigenvalue weighted by atomic mass is 9.82. The van der Waals surface area contributed by atoms with Crippen molar-refractivity contribution in [2.24, 2.45) is 0 Å². The lowest BCUT2D eigenvalue weighted by Gasteiger charge is -2.36. The van der Waals surface area contributed by atoms with Gasteiger partial charge in [-0.2, -0.15) is 0 Å². The molecule has 2 aliphatic carbocycles. The van der Waals surface area contributed by atoms with Crippen LogP contribution in [0.2, 0.25) is 0 Å². The van der Waals surface area contributed by atoms with Crippen LogP contribution >= 0.6 is 11.3 Å². The lowest BCUT2D eigenvalue weighted by Crippen LogP contribution is -2.33. The molecule has 8 aromatic rings. The van der Waals surface area contributed by atoms with Crippen molar-refractivity contribution in [3.63, 3.8) is 0 Å². The van der Waals surface area contributed by atoms with E-state index >= 15 is 0 Å². The highest BCUT2D eigenvalue weighted by Crippen LogP contribution is 2.54. The Hall–Kier alpha value is -5.44. The predicted octanol–water partition coefficient (Wildman–Crippen LogP) is 13.0. The second kappa shape index (κ2) is 10.8. The van der Waals surface area contributed by atoms with Crippen LogP contribution in [0.1, 0.15) is 35.4 Å². The van der Waals surface area contributed by atoms with Crippen molar-refractivity contribution < 1.29 is 0 Å². The van der Waals surface area contributed by atoms with Gasteiger partial charge in [0.05, 0.1) is 6.04 Å². The number of hydrogen-bond donors (Lipinski definition) is 0. The Kier molecular flexibility index (Phi) is 6.29.